The van der Waals surface area contributed by atoms with E-state index in [0.717, 1.165) is 5.56 Å². The first kappa shape index (κ1) is 17.7. The van der Waals surface area contributed by atoms with Gasteiger partial charge in [-0.2, -0.15) is 0 Å². The quantitative estimate of drug-likeness (QED) is 0.557. The Kier molecular flexibility index (Phi) is 8.01. The number of benzene rings is 1. The summed E-state index contributed by atoms with van der Waals surface area (Å²) in [6, 6.07) is 6.35. The lowest BCUT2D eigenvalue weighted by Crippen LogP contribution is -2.25. The maximum Gasteiger partial charge on any atom is 0.240 e. The molecule has 0 spiro atoms. The number of ether oxygens (including phenoxy) is 1. The zero-order chi connectivity index (χ0) is 15.6. The summed E-state index contributed by atoms with van der Waals surface area (Å²) in [4.78, 5) is 0.214. The summed E-state index contributed by atoms with van der Waals surface area (Å²) in [6.07, 6.45) is 1.04. The molecule has 1 rings (SSSR count). The Labute approximate surface area is 126 Å². The maximum atomic E-state index is 12.0. The predicted molar refractivity (Wildman–Crippen MR) is 81.3 cm³/mol. The van der Waals surface area contributed by atoms with E-state index in [2.05, 4.69) is 16.6 Å². The van der Waals surface area contributed by atoms with Crippen LogP contribution in [-0.2, 0) is 14.8 Å². The summed E-state index contributed by atoms with van der Waals surface area (Å²) in [6.45, 7) is 3.44. The highest BCUT2D eigenvalue weighted by Crippen LogP contribution is 2.09. The molecule has 0 aliphatic heterocycles. The van der Waals surface area contributed by atoms with Crippen molar-refractivity contribution in [2.45, 2.75) is 24.7 Å². The normalized spacial score (nSPS) is 11.0. The van der Waals surface area contributed by atoms with Gasteiger partial charge in [0.15, 0.2) is 0 Å². The third-order valence-corrected chi connectivity index (χ3v) is 4.07. The summed E-state index contributed by atoms with van der Waals surface area (Å²) in [5.74, 6) is 5.63. The van der Waals surface area contributed by atoms with Crippen LogP contribution in [0.2, 0.25) is 0 Å². The predicted octanol–water partition coefficient (Wildman–Crippen LogP) is 1.13. The Hall–Kier alpha value is -1.39. The zero-order valence-electron chi connectivity index (χ0n) is 12.1. The summed E-state index contributed by atoms with van der Waals surface area (Å²) in [7, 11) is -3.48. The number of sulfonamides is 1. The number of rotatable bonds is 8. The molecule has 1 aromatic rings. The SMILES string of the molecule is CCOCCCNS(=O)(=O)c1ccc(C#CCCO)cc1. The highest BCUT2D eigenvalue weighted by molar-refractivity contribution is 7.89. The first-order valence-corrected chi connectivity index (χ1v) is 8.35. The van der Waals surface area contributed by atoms with E-state index in [9.17, 15) is 8.42 Å². The average molecular weight is 311 g/mol. The summed E-state index contributed by atoms with van der Waals surface area (Å²) in [5, 5.41) is 8.63. The van der Waals surface area contributed by atoms with Crippen LogP contribution in [-0.4, -0.2) is 39.9 Å². The lowest BCUT2D eigenvalue weighted by Gasteiger charge is -2.06. The van der Waals surface area contributed by atoms with Crippen LogP contribution in [0, 0.1) is 11.8 Å². The molecule has 0 bridgehead atoms. The number of nitrogens with one attached hydrogen (secondary N) is 1. The number of aliphatic hydroxyl groups is 1. The van der Waals surface area contributed by atoms with Gasteiger partial charge in [-0.25, -0.2) is 13.1 Å². The molecular formula is C15H21NO4S. The molecule has 0 radical (unpaired) electrons. The molecule has 0 aromatic heterocycles. The van der Waals surface area contributed by atoms with Crippen molar-refractivity contribution in [3.63, 3.8) is 0 Å². The molecule has 116 valence electrons. The van der Waals surface area contributed by atoms with Crippen molar-refractivity contribution >= 4 is 10.0 Å². The molecule has 0 aliphatic carbocycles. The van der Waals surface area contributed by atoms with Crippen molar-refractivity contribution in [2.24, 2.45) is 0 Å². The van der Waals surface area contributed by atoms with Crippen LogP contribution in [0.1, 0.15) is 25.3 Å². The third kappa shape index (κ3) is 6.74. The van der Waals surface area contributed by atoms with Gasteiger partial charge < -0.3 is 9.84 Å². The van der Waals surface area contributed by atoms with Crippen molar-refractivity contribution in [1.29, 1.82) is 0 Å². The number of hydrogen-bond donors (Lipinski definition) is 2. The molecule has 1 aromatic carbocycles. The van der Waals surface area contributed by atoms with Gasteiger partial charge in [0.2, 0.25) is 10.0 Å². The molecule has 0 amide bonds. The van der Waals surface area contributed by atoms with Crippen LogP contribution in [0.15, 0.2) is 29.2 Å². The first-order valence-electron chi connectivity index (χ1n) is 6.87. The van der Waals surface area contributed by atoms with E-state index < -0.39 is 10.0 Å². The minimum atomic E-state index is -3.48. The second kappa shape index (κ2) is 9.53. The lowest BCUT2D eigenvalue weighted by atomic mass is 10.2. The van der Waals surface area contributed by atoms with Gasteiger partial charge >= 0.3 is 0 Å². The molecule has 0 fully saturated rings. The lowest BCUT2D eigenvalue weighted by molar-refractivity contribution is 0.146. The molecule has 0 unspecified atom stereocenters. The van der Waals surface area contributed by atoms with Gasteiger partial charge in [0.1, 0.15) is 0 Å². The zero-order valence-corrected chi connectivity index (χ0v) is 12.9. The molecule has 5 nitrogen and oxygen atoms in total. The van der Waals surface area contributed by atoms with Gasteiger partial charge in [-0.1, -0.05) is 11.8 Å². The Morgan fingerprint density at radius 1 is 1.29 bits per heavy atom. The van der Waals surface area contributed by atoms with Crippen LogP contribution < -0.4 is 4.72 Å². The number of hydrogen-bond acceptors (Lipinski definition) is 4. The maximum absolute atomic E-state index is 12.0. The topological polar surface area (TPSA) is 75.6 Å². The Bertz CT molecular complexity index is 570. The molecule has 2 N–H and O–H groups in total. The molecular weight excluding hydrogens is 290 g/mol. The van der Waals surface area contributed by atoms with E-state index in [-0.39, 0.29) is 11.5 Å². The van der Waals surface area contributed by atoms with Gasteiger partial charge in [-0.3, -0.25) is 0 Å². The summed E-state index contributed by atoms with van der Waals surface area (Å²) >= 11 is 0. The van der Waals surface area contributed by atoms with Crippen LogP contribution in [0.25, 0.3) is 0 Å². The van der Waals surface area contributed by atoms with Crippen molar-refractivity contribution in [1.82, 2.24) is 4.72 Å². The van der Waals surface area contributed by atoms with E-state index in [4.69, 9.17) is 9.84 Å². The molecule has 0 saturated heterocycles. The van der Waals surface area contributed by atoms with Gasteiger partial charge in [-0.05, 0) is 37.6 Å². The molecule has 21 heavy (non-hydrogen) atoms. The van der Waals surface area contributed by atoms with E-state index in [1.807, 2.05) is 6.92 Å². The Morgan fingerprint density at radius 3 is 2.62 bits per heavy atom. The van der Waals surface area contributed by atoms with Gasteiger partial charge in [0.25, 0.3) is 0 Å². The van der Waals surface area contributed by atoms with Gasteiger partial charge in [0.05, 0.1) is 11.5 Å². The van der Waals surface area contributed by atoms with Crippen molar-refractivity contribution in [3.8, 4) is 11.8 Å². The minimum absolute atomic E-state index is 0.0190. The third-order valence-electron chi connectivity index (χ3n) is 2.60. The average Bonchev–Trinajstić information content (AvgIpc) is 2.48. The fourth-order valence-corrected chi connectivity index (χ4v) is 2.62. The Balaban J connectivity index is 2.57. The molecule has 0 heterocycles. The van der Waals surface area contributed by atoms with Crippen LogP contribution in [0.5, 0.6) is 0 Å². The van der Waals surface area contributed by atoms with E-state index in [0.29, 0.717) is 32.6 Å². The van der Waals surface area contributed by atoms with Gasteiger partial charge in [0, 0.05) is 31.7 Å². The van der Waals surface area contributed by atoms with E-state index >= 15 is 0 Å². The monoisotopic (exact) mass is 311 g/mol. The van der Waals surface area contributed by atoms with E-state index in [1.165, 1.54) is 12.1 Å². The largest absolute Gasteiger partial charge is 0.395 e. The molecule has 0 saturated carbocycles. The second-order valence-corrected chi connectivity index (χ2v) is 6.01. The van der Waals surface area contributed by atoms with Crippen molar-refractivity contribution < 1.29 is 18.3 Å². The molecule has 0 aliphatic rings. The fraction of sp³-hybridized carbons (Fsp3) is 0.467. The second-order valence-electron chi connectivity index (χ2n) is 4.25. The fourth-order valence-electron chi connectivity index (χ4n) is 1.55. The number of aliphatic hydroxyl groups excluding tert-OH is 1. The smallest absolute Gasteiger partial charge is 0.240 e. The standard InChI is InChI=1S/C15H21NO4S/c1-2-20-13-5-11-16-21(18,19)15-9-7-14(8-10-15)6-3-4-12-17/h7-10,16-17H,2,4-5,11-13H2,1H3. The minimum Gasteiger partial charge on any atom is -0.395 e. The van der Waals surface area contributed by atoms with Crippen molar-refractivity contribution in [3.05, 3.63) is 29.8 Å². The van der Waals surface area contributed by atoms with Crippen LogP contribution in [0.4, 0.5) is 0 Å². The van der Waals surface area contributed by atoms with Crippen LogP contribution >= 0.6 is 0 Å². The molecule has 6 heteroatoms. The van der Waals surface area contributed by atoms with Crippen molar-refractivity contribution in [2.75, 3.05) is 26.4 Å². The highest BCUT2D eigenvalue weighted by Gasteiger charge is 2.12. The Morgan fingerprint density at radius 2 is 2.00 bits per heavy atom. The van der Waals surface area contributed by atoms with Gasteiger partial charge in [-0.15, -0.1) is 0 Å². The van der Waals surface area contributed by atoms with E-state index in [1.54, 1.807) is 12.1 Å². The molecule has 0 atom stereocenters. The highest BCUT2D eigenvalue weighted by atomic mass is 32.2. The summed E-state index contributed by atoms with van der Waals surface area (Å²) in [5.41, 5.74) is 0.721. The van der Waals surface area contributed by atoms with Crippen LogP contribution in [0.3, 0.4) is 0 Å². The summed E-state index contributed by atoms with van der Waals surface area (Å²) < 4.78 is 31.7. The first-order chi connectivity index (χ1) is 10.1.